The first-order valence-corrected chi connectivity index (χ1v) is 10.1. The first kappa shape index (κ1) is 19.6. The summed E-state index contributed by atoms with van der Waals surface area (Å²) in [7, 11) is 3.27. The van der Waals surface area contributed by atoms with Crippen LogP contribution >= 0.6 is 0 Å². The van der Waals surface area contributed by atoms with Gasteiger partial charge in [-0.3, -0.25) is 0 Å². The fourth-order valence-electron chi connectivity index (χ4n) is 5.46. The van der Waals surface area contributed by atoms with Gasteiger partial charge in [-0.2, -0.15) is 0 Å². The molecule has 1 saturated carbocycles. The van der Waals surface area contributed by atoms with Gasteiger partial charge < -0.3 is 25.4 Å². The van der Waals surface area contributed by atoms with Crippen molar-refractivity contribution in [2.24, 2.45) is 10.8 Å². The van der Waals surface area contributed by atoms with Crippen molar-refractivity contribution in [3.63, 3.8) is 0 Å². The maximum atomic E-state index is 6.57. The van der Waals surface area contributed by atoms with Crippen LogP contribution in [0.2, 0.25) is 0 Å². The molecule has 2 unspecified atom stereocenters. The number of fused-ring (bicyclic) bond motifs is 2. The van der Waals surface area contributed by atoms with E-state index in [1.54, 1.807) is 20.5 Å². The Labute approximate surface area is 172 Å². The van der Waals surface area contributed by atoms with E-state index in [2.05, 4.69) is 41.0 Å². The van der Waals surface area contributed by atoms with E-state index >= 15 is 0 Å². The lowest BCUT2D eigenvalue weighted by Gasteiger charge is -2.39. The largest absolute Gasteiger partial charge is 0.497 e. The van der Waals surface area contributed by atoms with Crippen molar-refractivity contribution >= 4 is 23.0 Å². The van der Waals surface area contributed by atoms with Crippen LogP contribution in [-0.2, 0) is 0 Å². The molecule has 1 aromatic carbocycles. The van der Waals surface area contributed by atoms with Crippen molar-refractivity contribution in [3.05, 3.63) is 24.5 Å². The van der Waals surface area contributed by atoms with Crippen LogP contribution in [0.5, 0.6) is 11.5 Å². The lowest BCUT2D eigenvalue weighted by molar-refractivity contribution is 0.136. The molecule has 1 aliphatic carbocycles. The van der Waals surface area contributed by atoms with E-state index in [0.717, 1.165) is 30.2 Å². The number of ether oxygens (including phenoxy) is 2. The minimum atomic E-state index is 0.299. The average molecular weight is 398 g/mol. The van der Waals surface area contributed by atoms with Gasteiger partial charge >= 0.3 is 0 Å². The summed E-state index contributed by atoms with van der Waals surface area (Å²) in [5.41, 5.74) is 8.51. The second kappa shape index (κ2) is 6.97. The van der Waals surface area contributed by atoms with Gasteiger partial charge in [-0.15, -0.1) is 0 Å². The number of methoxy groups -OCH3 is 2. The topological polar surface area (TPSA) is 85.5 Å². The van der Waals surface area contributed by atoms with Crippen LogP contribution in [0.3, 0.4) is 0 Å². The Morgan fingerprint density at radius 2 is 1.93 bits per heavy atom. The standard InChI is InChI=1S/C22H31N5O2/c1-21(2)9-14-10-22(3,11-21)12-27(14)20-18(23)19(24-13-25-20)26-16-8-15(28-4)6-7-17(16)29-5/h6-8,13-14H,9-12,23H2,1-5H3,(H,24,25,26). The lowest BCUT2D eigenvalue weighted by atomic mass is 9.65. The van der Waals surface area contributed by atoms with Gasteiger partial charge in [0, 0.05) is 18.7 Å². The molecule has 2 bridgehead atoms. The minimum absolute atomic E-state index is 0.299. The predicted molar refractivity (Wildman–Crippen MR) is 116 cm³/mol. The summed E-state index contributed by atoms with van der Waals surface area (Å²) in [6, 6.07) is 6.03. The van der Waals surface area contributed by atoms with Crippen molar-refractivity contribution in [2.45, 2.75) is 46.1 Å². The molecule has 1 aromatic heterocycles. The molecule has 1 aliphatic heterocycles. The summed E-state index contributed by atoms with van der Waals surface area (Å²) in [4.78, 5) is 11.4. The Hall–Kier alpha value is -2.70. The summed E-state index contributed by atoms with van der Waals surface area (Å²) in [6.45, 7) is 8.10. The van der Waals surface area contributed by atoms with Crippen molar-refractivity contribution in [1.29, 1.82) is 0 Å². The molecular formula is C22H31N5O2. The van der Waals surface area contributed by atoms with E-state index in [9.17, 15) is 0 Å². The third-order valence-electron chi connectivity index (χ3n) is 6.21. The number of aromatic nitrogens is 2. The third kappa shape index (κ3) is 3.66. The fourth-order valence-corrected chi connectivity index (χ4v) is 5.46. The Balaban J connectivity index is 1.66. The minimum Gasteiger partial charge on any atom is -0.497 e. The molecule has 7 nitrogen and oxygen atoms in total. The number of anilines is 4. The van der Waals surface area contributed by atoms with Crippen molar-refractivity contribution in [3.8, 4) is 11.5 Å². The number of nitrogens with two attached hydrogens (primary N) is 1. The monoisotopic (exact) mass is 397 g/mol. The molecule has 0 radical (unpaired) electrons. The molecule has 156 valence electrons. The molecular weight excluding hydrogens is 366 g/mol. The molecule has 4 rings (SSSR count). The van der Waals surface area contributed by atoms with Crippen LogP contribution in [0.1, 0.15) is 40.0 Å². The maximum absolute atomic E-state index is 6.57. The van der Waals surface area contributed by atoms with Gasteiger partial charge in [0.25, 0.3) is 0 Å². The zero-order valence-corrected chi connectivity index (χ0v) is 18.0. The normalized spacial score (nSPS) is 25.0. The molecule has 2 aliphatic rings. The quantitative estimate of drug-likeness (QED) is 0.781. The van der Waals surface area contributed by atoms with Gasteiger partial charge in [0.1, 0.15) is 23.5 Å². The Bertz CT molecular complexity index is 916. The number of hydrogen-bond acceptors (Lipinski definition) is 7. The average Bonchev–Trinajstić information content (AvgIpc) is 2.91. The molecule has 2 atom stereocenters. The SMILES string of the molecule is COc1ccc(OC)c(Nc2ncnc(N3CC4(C)CC3CC(C)(C)C4)c2N)c1. The number of rotatable bonds is 5. The maximum Gasteiger partial charge on any atom is 0.159 e. The van der Waals surface area contributed by atoms with Gasteiger partial charge in [-0.25, -0.2) is 9.97 Å². The van der Waals surface area contributed by atoms with Gasteiger partial charge in [-0.1, -0.05) is 20.8 Å². The van der Waals surface area contributed by atoms with Gasteiger partial charge in [0.15, 0.2) is 11.6 Å². The van der Waals surface area contributed by atoms with E-state index in [-0.39, 0.29) is 0 Å². The van der Waals surface area contributed by atoms with Crippen molar-refractivity contribution in [1.82, 2.24) is 9.97 Å². The predicted octanol–water partition coefficient (Wildman–Crippen LogP) is 4.22. The van der Waals surface area contributed by atoms with Crippen LogP contribution in [0.15, 0.2) is 24.5 Å². The van der Waals surface area contributed by atoms with E-state index in [4.69, 9.17) is 15.2 Å². The van der Waals surface area contributed by atoms with E-state index < -0.39 is 0 Å². The van der Waals surface area contributed by atoms with Gasteiger partial charge in [0.05, 0.1) is 19.9 Å². The highest BCUT2D eigenvalue weighted by molar-refractivity contribution is 5.80. The van der Waals surface area contributed by atoms with Gasteiger partial charge in [0.2, 0.25) is 0 Å². The number of nitrogens with zero attached hydrogens (tertiary/aromatic N) is 3. The van der Waals surface area contributed by atoms with Crippen LogP contribution in [0.4, 0.5) is 23.0 Å². The summed E-state index contributed by atoms with van der Waals surface area (Å²) < 4.78 is 10.8. The van der Waals surface area contributed by atoms with E-state index in [0.29, 0.717) is 34.1 Å². The van der Waals surface area contributed by atoms with Crippen molar-refractivity contribution < 1.29 is 9.47 Å². The molecule has 0 amide bonds. The lowest BCUT2D eigenvalue weighted by Crippen LogP contribution is -2.35. The smallest absolute Gasteiger partial charge is 0.159 e. The Morgan fingerprint density at radius 1 is 1.14 bits per heavy atom. The molecule has 2 heterocycles. The molecule has 2 fully saturated rings. The third-order valence-corrected chi connectivity index (χ3v) is 6.21. The zero-order chi connectivity index (χ0) is 20.8. The van der Waals surface area contributed by atoms with Crippen molar-refractivity contribution in [2.75, 3.05) is 36.7 Å². The number of hydrogen-bond donors (Lipinski definition) is 2. The number of benzene rings is 1. The molecule has 3 N–H and O–H groups in total. The number of nitrogens with one attached hydrogen (secondary N) is 1. The highest BCUT2D eigenvalue weighted by atomic mass is 16.5. The second-order valence-corrected chi connectivity index (χ2v) is 9.49. The molecule has 1 saturated heterocycles. The van der Waals surface area contributed by atoms with Crippen LogP contribution < -0.4 is 25.4 Å². The summed E-state index contributed by atoms with van der Waals surface area (Å²) in [5, 5.41) is 3.31. The summed E-state index contributed by atoms with van der Waals surface area (Å²) in [5.74, 6) is 2.81. The van der Waals surface area contributed by atoms with Crippen LogP contribution in [0, 0.1) is 10.8 Å². The van der Waals surface area contributed by atoms with Crippen LogP contribution in [-0.4, -0.2) is 36.8 Å². The highest BCUT2D eigenvalue weighted by Gasteiger charge is 2.50. The first-order valence-electron chi connectivity index (χ1n) is 10.1. The summed E-state index contributed by atoms with van der Waals surface area (Å²) >= 11 is 0. The summed E-state index contributed by atoms with van der Waals surface area (Å²) in [6.07, 6.45) is 5.14. The number of nitrogen functional groups attached to an aromatic ring is 1. The second-order valence-electron chi connectivity index (χ2n) is 9.49. The van der Waals surface area contributed by atoms with Crippen LogP contribution in [0.25, 0.3) is 0 Å². The highest BCUT2D eigenvalue weighted by Crippen LogP contribution is 2.54. The zero-order valence-electron chi connectivity index (χ0n) is 18.0. The molecule has 0 spiro atoms. The van der Waals surface area contributed by atoms with E-state index in [1.807, 2.05) is 18.2 Å². The van der Waals surface area contributed by atoms with Gasteiger partial charge in [-0.05, 0) is 42.2 Å². The fraction of sp³-hybridized carbons (Fsp3) is 0.545. The van der Waals surface area contributed by atoms with E-state index in [1.165, 1.54) is 12.8 Å². The molecule has 7 heteroatoms. The Morgan fingerprint density at radius 3 is 2.66 bits per heavy atom. The Kier molecular flexibility index (Phi) is 4.71. The molecule has 29 heavy (non-hydrogen) atoms. The first-order chi connectivity index (χ1) is 13.7. The molecule has 2 aromatic rings.